The molecule has 1 aromatic rings. The highest BCUT2D eigenvalue weighted by Crippen LogP contribution is 2.31. The summed E-state index contributed by atoms with van der Waals surface area (Å²) in [5.41, 5.74) is 0.511. The Hall–Kier alpha value is -2.20. The zero-order valence-corrected chi connectivity index (χ0v) is 17.2. The lowest BCUT2D eigenvalue weighted by molar-refractivity contribution is -0.131. The summed E-state index contributed by atoms with van der Waals surface area (Å²) >= 11 is 0. The minimum atomic E-state index is -2.99. The maximum atomic E-state index is 13.4. The first-order valence-electron chi connectivity index (χ1n) is 8.83. The van der Waals surface area contributed by atoms with Gasteiger partial charge in [0.15, 0.2) is 0 Å². The molecule has 3 heterocycles. The highest BCUT2D eigenvalue weighted by Gasteiger charge is 2.47. The van der Waals surface area contributed by atoms with Gasteiger partial charge in [-0.25, -0.2) is 13.8 Å². The van der Waals surface area contributed by atoms with E-state index < -0.39 is 30.8 Å². The minimum Gasteiger partial charge on any atom is -0.357 e. The molecular weight excluding hydrogens is 425 g/mol. The van der Waals surface area contributed by atoms with Gasteiger partial charge in [0, 0.05) is 31.7 Å². The van der Waals surface area contributed by atoms with Crippen LogP contribution in [0.1, 0.15) is 24.8 Å². The van der Waals surface area contributed by atoms with Gasteiger partial charge in [-0.2, -0.15) is 10.5 Å². The lowest BCUT2D eigenvalue weighted by Crippen LogP contribution is -2.47. The number of pyridine rings is 1. The van der Waals surface area contributed by atoms with Crippen LogP contribution in [-0.4, -0.2) is 60.0 Å². The quantitative estimate of drug-likeness (QED) is 0.760. The molecule has 158 valence electrons. The van der Waals surface area contributed by atoms with Crippen LogP contribution in [0.25, 0.3) is 0 Å². The predicted molar refractivity (Wildman–Crippen MR) is 107 cm³/mol. The topological polar surface area (TPSA) is 96.0 Å². The van der Waals surface area contributed by atoms with E-state index >= 15 is 0 Å². The third-order valence-electron chi connectivity index (χ3n) is 4.98. The van der Waals surface area contributed by atoms with E-state index in [9.17, 15) is 13.6 Å². The van der Waals surface area contributed by atoms with Crippen molar-refractivity contribution in [3.8, 4) is 12.1 Å². The first-order chi connectivity index (χ1) is 12.9. The number of hydrogen-bond donors (Lipinski definition) is 1. The Bertz CT molecular complexity index is 772. The average Bonchev–Trinajstić information content (AvgIpc) is 3.01. The van der Waals surface area contributed by atoms with E-state index in [-0.39, 0.29) is 37.4 Å². The molecular formula is C18H22Cl2F2N6O. The van der Waals surface area contributed by atoms with E-state index in [1.54, 1.807) is 12.1 Å². The van der Waals surface area contributed by atoms with E-state index in [4.69, 9.17) is 10.5 Å². The molecule has 2 aliphatic rings. The molecule has 0 saturated carbocycles. The van der Waals surface area contributed by atoms with Crippen molar-refractivity contribution in [2.75, 3.05) is 31.1 Å². The highest BCUT2D eigenvalue weighted by molar-refractivity contribution is 5.85. The number of hydrogen-bond acceptors (Lipinski definition) is 6. The molecule has 29 heavy (non-hydrogen) atoms. The number of nitrogens with zero attached hydrogens (tertiary/aromatic N) is 5. The average molecular weight is 447 g/mol. The molecule has 0 aromatic carbocycles. The second-order valence-corrected chi connectivity index (χ2v) is 6.89. The number of nitrogens with one attached hydrogen (secondary N) is 1. The zero-order valence-electron chi connectivity index (χ0n) is 15.6. The summed E-state index contributed by atoms with van der Waals surface area (Å²) in [6.45, 7) is 0.753. The van der Waals surface area contributed by atoms with Crippen LogP contribution in [0.5, 0.6) is 0 Å². The maximum Gasteiger partial charge on any atom is 0.268 e. The Morgan fingerprint density at radius 2 is 1.97 bits per heavy atom. The number of alkyl halides is 2. The van der Waals surface area contributed by atoms with Crippen LogP contribution in [0.2, 0.25) is 0 Å². The Kier molecular flexibility index (Phi) is 9.03. The van der Waals surface area contributed by atoms with Crippen molar-refractivity contribution >= 4 is 36.5 Å². The van der Waals surface area contributed by atoms with Gasteiger partial charge in [-0.1, -0.05) is 0 Å². The molecule has 0 aliphatic carbocycles. The van der Waals surface area contributed by atoms with E-state index in [0.717, 1.165) is 36.6 Å². The lowest BCUT2D eigenvalue weighted by atomic mass is 10.0. The minimum absolute atomic E-state index is 0. The summed E-state index contributed by atoms with van der Waals surface area (Å²) in [5, 5.41) is 20.9. The van der Waals surface area contributed by atoms with Crippen molar-refractivity contribution in [1.82, 2.24) is 15.2 Å². The van der Waals surface area contributed by atoms with Gasteiger partial charge >= 0.3 is 0 Å². The van der Waals surface area contributed by atoms with Crippen molar-refractivity contribution in [2.45, 2.75) is 37.3 Å². The van der Waals surface area contributed by atoms with Gasteiger partial charge in [-0.3, -0.25) is 4.79 Å². The van der Waals surface area contributed by atoms with Gasteiger partial charge < -0.3 is 15.1 Å². The molecule has 1 aromatic heterocycles. The van der Waals surface area contributed by atoms with Crippen LogP contribution in [0.15, 0.2) is 18.3 Å². The van der Waals surface area contributed by atoms with E-state index in [1.807, 2.05) is 12.1 Å². The third kappa shape index (κ3) is 6.14. The maximum absolute atomic E-state index is 13.4. The number of anilines is 1. The molecule has 1 amide bonds. The molecule has 1 N–H and O–H groups in total. The number of aromatic nitrogens is 1. The Morgan fingerprint density at radius 1 is 1.28 bits per heavy atom. The number of likely N-dealkylation sites (tertiary alicyclic amines) is 1. The Labute approximate surface area is 180 Å². The molecule has 2 fully saturated rings. The van der Waals surface area contributed by atoms with Crippen LogP contribution in [-0.2, 0) is 4.79 Å². The second kappa shape index (κ2) is 10.5. The molecule has 2 aliphatic heterocycles. The van der Waals surface area contributed by atoms with Crippen molar-refractivity contribution in [2.24, 2.45) is 0 Å². The van der Waals surface area contributed by atoms with Crippen LogP contribution >= 0.6 is 24.8 Å². The molecule has 0 spiro atoms. The summed E-state index contributed by atoms with van der Waals surface area (Å²) < 4.78 is 26.9. The fraction of sp³-hybridized carbons (Fsp3) is 0.556. The molecule has 11 heteroatoms. The van der Waals surface area contributed by atoms with Gasteiger partial charge in [0.05, 0.1) is 24.7 Å². The van der Waals surface area contributed by atoms with Gasteiger partial charge in [-0.05, 0) is 25.0 Å². The molecule has 0 radical (unpaired) electrons. The molecule has 0 bridgehead atoms. The van der Waals surface area contributed by atoms with Crippen molar-refractivity contribution < 1.29 is 13.6 Å². The molecule has 1 atom stereocenters. The standard InChI is InChI=1S/C18H20F2N6O.2ClH/c19-18(20)7-15(9-22)26(12-18)17(27)11-23-14-3-5-25(6-4-14)16-2-1-13(8-21)10-24-16;;/h1-2,10,14-15,23H,3-7,11-12H2;2*1H/t15-;;/m0../s1. The largest absolute Gasteiger partial charge is 0.357 e. The summed E-state index contributed by atoms with van der Waals surface area (Å²) in [4.78, 5) is 19.6. The van der Waals surface area contributed by atoms with Crippen LogP contribution in [0.4, 0.5) is 14.6 Å². The van der Waals surface area contributed by atoms with Crippen LogP contribution in [0.3, 0.4) is 0 Å². The van der Waals surface area contributed by atoms with E-state index in [2.05, 4.69) is 15.2 Å². The SMILES string of the molecule is Cl.Cl.N#Cc1ccc(N2CCC(NCC(=O)N3CC(F)(F)C[C@H]3C#N)CC2)nc1. The van der Waals surface area contributed by atoms with Gasteiger partial charge in [0.2, 0.25) is 5.91 Å². The number of carbonyl (C=O) groups excluding carboxylic acids is 1. The first kappa shape index (κ1) is 24.8. The third-order valence-corrected chi connectivity index (χ3v) is 4.98. The number of halogens is 4. The van der Waals surface area contributed by atoms with Gasteiger partial charge in [0.25, 0.3) is 5.92 Å². The highest BCUT2D eigenvalue weighted by atomic mass is 35.5. The molecule has 0 unspecified atom stereocenters. The van der Waals surface area contributed by atoms with E-state index in [0.29, 0.717) is 5.56 Å². The van der Waals surface area contributed by atoms with Crippen molar-refractivity contribution in [3.63, 3.8) is 0 Å². The fourth-order valence-electron chi connectivity index (χ4n) is 3.48. The van der Waals surface area contributed by atoms with Crippen molar-refractivity contribution in [1.29, 1.82) is 10.5 Å². The summed E-state index contributed by atoms with van der Waals surface area (Å²) in [6.07, 6.45) is 2.51. The summed E-state index contributed by atoms with van der Waals surface area (Å²) in [6, 6.07) is 6.40. The number of piperidine rings is 1. The van der Waals surface area contributed by atoms with Gasteiger partial charge in [0.1, 0.15) is 17.9 Å². The second-order valence-electron chi connectivity index (χ2n) is 6.89. The van der Waals surface area contributed by atoms with Gasteiger partial charge in [-0.15, -0.1) is 24.8 Å². The Morgan fingerprint density at radius 3 is 2.52 bits per heavy atom. The smallest absolute Gasteiger partial charge is 0.268 e. The summed E-state index contributed by atoms with van der Waals surface area (Å²) in [7, 11) is 0. The molecule has 7 nitrogen and oxygen atoms in total. The number of carbonyl (C=O) groups is 1. The monoisotopic (exact) mass is 446 g/mol. The van der Waals surface area contributed by atoms with Crippen molar-refractivity contribution in [3.05, 3.63) is 23.9 Å². The number of rotatable bonds is 4. The zero-order chi connectivity index (χ0) is 19.4. The number of amides is 1. The van der Waals surface area contributed by atoms with Crippen LogP contribution < -0.4 is 10.2 Å². The van der Waals surface area contributed by atoms with E-state index in [1.165, 1.54) is 6.20 Å². The summed E-state index contributed by atoms with van der Waals surface area (Å²) in [5.74, 6) is -2.65. The first-order valence-corrected chi connectivity index (χ1v) is 8.83. The molecule has 2 saturated heterocycles. The Balaban J connectivity index is 0.00000210. The fourth-order valence-corrected chi connectivity index (χ4v) is 3.48. The predicted octanol–water partition coefficient (Wildman–Crippen LogP) is 2.12. The molecule has 3 rings (SSSR count). The normalized spacial score (nSPS) is 20.8. The lowest BCUT2D eigenvalue weighted by Gasteiger charge is -2.33. The number of nitriles is 2. The van der Waals surface area contributed by atoms with Crippen LogP contribution in [0, 0.1) is 22.7 Å².